The second-order valence-corrected chi connectivity index (χ2v) is 21.5. The van der Waals surface area contributed by atoms with Crippen LogP contribution in [0.4, 0.5) is 0 Å². The molecule has 0 unspecified atom stereocenters. The van der Waals surface area contributed by atoms with E-state index in [1.165, 1.54) is 0 Å². The zero-order valence-electron chi connectivity index (χ0n) is 14.4. The van der Waals surface area contributed by atoms with Crippen LogP contribution in [0, 0.1) is 0 Å². The lowest BCUT2D eigenvalue weighted by atomic mass is 10.3. The molecule has 0 aliphatic carbocycles. The monoisotopic (exact) mass is 322 g/mol. The van der Waals surface area contributed by atoms with E-state index in [0.29, 0.717) is 0 Å². The Morgan fingerprint density at radius 3 is 1.53 bits per heavy atom. The molecule has 6 heteroatoms. The Balaban J connectivity index is 4.27. The van der Waals surface area contributed by atoms with E-state index in [2.05, 4.69) is 58.9 Å². The number of hydrogen-bond donors (Lipinski definition) is 0. The predicted octanol–water partition coefficient (Wildman–Crippen LogP) is 4.30. The number of rotatable bonds is 9. The molecule has 0 aliphatic heterocycles. The highest BCUT2D eigenvalue weighted by atomic mass is 28.4. The molecular weight excluding hydrogens is 288 g/mol. The van der Waals surface area contributed by atoms with Crippen molar-refractivity contribution in [3.63, 3.8) is 0 Å². The van der Waals surface area contributed by atoms with Gasteiger partial charge < -0.3 is 13.3 Å². The Labute approximate surface area is 123 Å². The van der Waals surface area contributed by atoms with E-state index in [1.807, 2.05) is 0 Å². The second kappa shape index (κ2) is 7.51. The summed E-state index contributed by atoms with van der Waals surface area (Å²) in [6.07, 6.45) is 1.13. The molecule has 116 valence electrons. The van der Waals surface area contributed by atoms with Crippen molar-refractivity contribution in [2.24, 2.45) is 0 Å². The van der Waals surface area contributed by atoms with Crippen LogP contribution in [-0.4, -0.2) is 44.3 Å². The zero-order chi connectivity index (χ0) is 15.3. The molecule has 1 atom stereocenters. The Kier molecular flexibility index (Phi) is 7.72. The fourth-order valence-electron chi connectivity index (χ4n) is 1.52. The molecule has 0 spiro atoms. The molecule has 0 N–H and O–H groups in total. The normalized spacial score (nSPS) is 15.6. The summed E-state index contributed by atoms with van der Waals surface area (Å²) in [5, 5.41) is 0. The first-order valence-electron chi connectivity index (χ1n) is 7.24. The molecule has 0 aromatic rings. The smallest absolute Gasteiger partial charge is 0.184 e. The Bertz CT molecular complexity index is 251. The van der Waals surface area contributed by atoms with Crippen LogP contribution in [0.25, 0.3) is 0 Å². The molecule has 0 heterocycles. The van der Waals surface area contributed by atoms with Crippen LogP contribution >= 0.6 is 0 Å². The largest absolute Gasteiger partial charge is 0.418 e. The first kappa shape index (κ1) is 19.5. The predicted molar refractivity (Wildman–Crippen MR) is 91.4 cm³/mol. The van der Waals surface area contributed by atoms with Gasteiger partial charge >= 0.3 is 0 Å². The summed E-state index contributed by atoms with van der Waals surface area (Å²) in [5.74, 6) is 0. The standard InChI is InChI=1S/C13H34O3Si3/c1-17(2,3)14-11-10-13(16-19(7,8)9)12-15-18(4,5)6/h13H,10-12H2,1-9H3/t13-/m1/s1. The van der Waals surface area contributed by atoms with Crippen molar-refractivity contribution in [2.75, 3.05) is 13.2 Å². The van der Waals surface area contributed by atoms with Crippen molar-refractivity contribution in [2.45, 2.75) is 71.4 Å². The summed E-state index contributed by atoms with van der Waals surface area (Å²) in [4.78, 5) is 0. The molecule has 0 aliphatic rings. The van der Waals surface area contributed by atoms with Crippen molar-refractivity contribution in [1.82, 2.24) is 0 Å². The van der Waals surface area contributed by atoms with Gasteiger partial charge in [0.1, 0.15) is 0 Å². The van der Waals surface area contributed by atoms with Crippen LogP contribution < -0.4 is 0 Å². The van der Waals surface area contributed by atoms with E-state index < -0.39 is 25.0 Å². The molecule has 0 saturated heterocycles. The maximum Gasteiger partial charge on any atom is 0.184 e. The van der Waals surface area contributed by atoms with Crippen molar-refractivity contribution >= 4 is 25.0 Å². The van der Waals surface area contributed by atoms with Crippen LogP contribution in [-0.2, 0) is 13.3 Å². The highest BCUT2D eigenvalue weighted by molar-refractivity contribution is 6.70. The van der Waals surface area contributed by atoms with E-state index >= 15 is 0 Å². The van der Waals surface area contributed by atoms with Gasteiger partial charge in [0.2, 0.25) is 0 Å². The molecule has 0 radical (unpaired) electrons. The molecule has 3 nitrogen and oxygen atoms in total. The SMILES string of the molecule is C[Si](C)(C)OCC[C@H](CO[Si](C)(C)C)O[Si](C)(C)C. The van der Waals surface area contributed by atoms with E-state index in [1.54, 1.807) is 0 Å². The third kappa shape index (κ3) is 14.7. The molecule has 0 rings (SSSR count). The van der Waals surface area contributed by atoms with Gasteiger partial charge in [-0.15, -0.1) is 0 Å². The van der Waals surface area contributed by atoms with Crippen LogP contribution in [0.1, 0.15) is 6.42 Å². The summed E-state index contributed by atoms with van der Waals surface area (Å²) in [5.41, 5.74) is 0. The summed E-state index contributed by atoms with van der Waals surface area (Å²) in [6, 6.07) is 0. The average molecular weight is 323 g/mol. The van der Waals surface area contributed by atoms with Gasteiger partial charge in [0.15, 0.2) is 25.0 Å². The molecule has 0 amide bonds. The van der Waals surface area contributed by atoms with Gasteiger partial charge in [-0.1, -0.05) is 0 Å². The quantitative estimate of drug-likeness (QED) is 0.592. The maximum absolute atomic E-state index is 6.22. The molecule has 0 aromatic heterocycles. The lowest BCUT2D eigenvalue weighted by Crippen LogP contribution is -2.39. The average Bonchev–Trinajstić information content (AvgIpc) is 2.08. The minimum atomic E-state index is -1.52. The summed E-state index contributed by atoms with van der Waals surface area (Å²) < 4.78 is 18.2. The van der Waals surface area contributed by atoms with Crippen molar-refractivity contribution < 1.29 is 13.3 Å². The van der Waals surface area contributed by atoms with Gasteiger partial charge in [-0.2, -0.15) is 0 Å². The van der Waals surface area contributed by atoms with Gasteiger partial charge in [0.05, 0.1) is 12.7 Å². The van der Waals surface area contributed by atoms with Gasteiger partial charge in [0.25, 0.3) is 0 Å². The summed E-state index contributed by atoms with van der Waals surface area (Å²) >= 11 is 0. The fourth-order valence-corrected chi connectivity index (χ4v) is 4.12. The summed E-state index contributed by atoms with van der Waals surface area (Å²) in [6.45, 7) is 21.5. The second-order valence-electron chi connectivity index (χ2n) is 8.03. The van der Waals surface area contributed by atoms with Gasteiger partial charge in [-0.25, -0.2) is 0 Å². The minimum absolute atomic E-state index is 0.190. The Morgan fingerprint density at radius 2 is 1.16 bits per heavy atom. The van der Waals surface area contributed by atoms with Crippen LogP contribution in [0.5, 0.6) is 0 Å². The first-order valence-corrected chi connectivity index (χ1v) is 17.5. The topological polar surface area (TPSA) is 27.7 Å². The van der Waals surface area contributed by atoms with Gasteiger partial charge in [-0.3, -0.25) is 0 Å². The molecular formula is C13H34O3Si3. The van der Waals surface area contributed by atoms with Gasteiger partial charge in [-0.05, 0) is 65.3 Å². The maximum atomic E-state index is 6.22. The highest BCUT2D eigenvalue weighted by Crippen LogP contribution is 2.14. The Hall–Kier alpha value is 0.531. The van der Waals surface area contributed by atoms with Crippen LogP contribution in [0.15, 0.2) is 0 Å². The van der Waals surface area contributed by atoms with Gasteiger partial charge in [0, 0.05) is 6.61 Å². The van der Waals surface area contributed by atoms with Crippen LogP contribution in [0.2, 0.25) is 58.9 Å². The lowest BCUT2D eigenvalue weighted by molar-refractivity contribution is 0.0955. The first-order chi connectivity index (χ1) is 8.29. The molecule has 0 saturated carbocycles. The molecule has 0 bridgehead atoms. The lowest BCUT2D eigenvalue weighted by Gasteiger charge is -2.30. The van der Waals surface area contributed by atoms with E-state index in [0.717, 1.165) is 19.6 Å². The highest BCUT2D eigenvalue weighted by Gasteiger charge is 2.24. The third-order valence-electron chi connectivity index (χ3n) is 2.20. The summed E-state index contributed by atoms with van der Waals surface area (Å²) in [7, 11) is -4.41. The minimum Gasteiger partial charge on any atom is -0.418 e. The van der Waals surface area contributed by atoms with Crippen LogP contribution in [0.3, 0.4) is 0 Å². The van der Waals surface area contributed by atoms with E-state index in [-0.39, 0.29) is 6.10 Å². The Morgan fingerprint density at radius 1 is 0.684 bits per heavy atom. The number of hydrogen-bond acceptors (Lipinski definition) is 3. The molecule has 0 aromatic carbocycles. The zero-order valence-corrected chi connectivity index (χ0v) is 17.4. The molecule has 19 heavy (non-hydrogen) atoms. The van der Waals surface area contributed by atoms with Crippen molar-refractivity contribution in [1.29, 1.82) is 0 Å². The van der Waals surface area contributed by atoms with E-state index in [9.17, 15) is 0 Å². The molecule has 0 fully saturated rings. The van der Waals surface area contributed by atoms with E-state index in [4.69, 9.17) is 13.3 Å². The fraction of sp³-hybridized carbons (Fsp3) is 1.00. The van der Waals surface area contributed by atoms with Crippen molar-refractivity contribution in [3.8, 4) is 0 Å². The third-order valence-corrected chi connectivity index (χ3v) is 5.34. The van der Waals surface area contributed by atoms with Crippen molar-refractivity contribution in [3.05, 3.63) is 0 Å².